The Balaban J connectivity index is 2.29. The SMILES string of the molecule is CCC(CC)CC(c1cccc(-c2ccc(N(C)C)cc2)n1)N(C)C. The molecule has 0 fully saturated rings. The molecule has 0 N–H and O–H groups in total. The van der Waals surface area contributed by atoms with Gasteiger partial charge in [-0.2, -0.15) is 0 Å². The smallest absolute Gasteiger partial charge is 0.0706 e. The minimum absolute atomic E-state index is 0.367. The molecule has 0 saturated carbocycles. The lowest BCUT2D eigenvalue weighted by atomic mass is 9.92. The lowest BCUT2D eigenvalue weighted by molar-refractivity contribution is 0.236. The van der Waals surface area contributed by atoms with Crippen LogP contribution in [0.1, 0.15) is 44.8 Å². The molecule has 0 spiro atoms. The van der Waals surface area contributed by atoms with Crippen LogP contribution in [-0.2, 0) is 0 Å². The molecule has 1 heterocycles. The second kappa shape index (κ2) is 9.00. The zero-order chi connectivity index (χ0) is 18.4. The standard InChI is InChI=1S/C22H33N3/c1-7-17(8-2)16-22(25(5)6)21-11-9-10-20(23-21)18-12-14-19(15-13-18)24(3)4/h9-15,17,22H,7-8,16H2,1-6H3. The quantitative estimate of drug-likeness (QED) is 0.655. The number of aromatic nitrogens is 1. The molecular weight excluding hydrogens is 306 g/mol. The van der Waals surface area contributed by atoms with Crippen molar-refractivity contribution in [3.8, 4) is 11.3 Å². The van der Waals surface area contributed by atoms with Crippen molar-refractivity contribution < 1.29 is 0 Å². The number of pyridine rings is 1. The van der Waals surface area contributed by atoms with E-state index < -0.39 is 0 Å². The maximum atomic E-state index is 5.01. The first-order chi connectivity index (χ1) is 12.0. The Morgan fingerprint density at radius 1 is 0.880 bits per heavy atom. The molecule has 3 heteroatoms. The minimum atomic E-state index is 0.367. The molecule has 0 amide bonds. The lowest BCUT2D eigenvalue weighted by Crippen LogP contribution is -2.23. The van der Waals surface area contributed by atoms with Crippen molar-refractivity contribution in [2.24, 2.45) is 5.92 Å². The number of hydrogen-bond donors (Lipinski definition) is 0. The molecule has 25 heavy (non-hydrogen) atoms. The summed E-state index contributed by atoms with van der Waals surface area (Å²) >= 11 is 0. The first kappa shape index (κ1) is 19.5. The van der Waals surface area contributed by atoms with Gasteiger partial charge < -0.3 is 9.80 Å². The van der Waals surface area contributed by atoms with Gasteiger partial charge in [0.25, 0.3) is 0 Å². The van der Waals surface area contributed by atoms with Crippen LogP contribution in [0.4, 0.5) is 5.69 Å². The summed E-state index contributed by atoms with van der Waals surface area (Å²) < 4.78 is 0. The van der Waals surface area contributed by atoms with E-state index in [1.165, 1.54) is 29.8 Å². The van der Waals surface area contributed by atoms with Gasteiger partial charge in [-0.1, -0.05) is 44.9 Å². The highest BCUT2D eigenvalue weighted by Crippen LogP contribution is 2.29. The zero-order valence-electron chi connectivity index (χ0n) is 16.7. The van der Waals surface area contributed by atoms with Gasteiger partial charge in [0, 0.05) is 25.3 Å². The van der Waals surface area contributed by atoms with Crippen LogP contribution in [0.2, 0.25) is 0 Å². The van der Waals surface area contributed by atoms with Gasteiger partial charge >= 0.3 is 0 Å². The van der Waals surface area contributed by atoms with Crippen molar-refractivity contribution in [3.05, 3.63) is 48.2 Å². The highest BCUT2D eigenvalue weighted by Gasteiger charge is 2.20. The van der Waals surface area contributed by atoms with E-state index >= 15 is 0 Å². The highest BCUT2D eigenvalue weighted by atomic mass is 15.1. The fraction of sp³-hybridized carbons (Fsp3) is 0.500. The summed E-state index contributed by atoms with van der Waals surface area (Å²) in [5, 5.41) is 0. The Hall–Kier alpha value is -1.87. The minimum Gasteiger partial charge on any atom is -0.378 e. The van der Waals surface area contributed by atoms with E-state index in [1.807, 2.05) is 0 Å². The maximum absolute atomic E-state index is 5.01. The summed E-state index contributed by atoms with van der Waals surface area (Å²) in [5.41, 5.74) is 4.61. The van der Waals surface area contributed by atoms with Crippen molar-refractivity contribution in [3.63, 3.8) is 0 Å². The summed E-state index contributed by atoms with van der Waals surface area (Å²) in [6.45, 7) is 4.58. The normalized spacial score (nSPS) is 12.6. The first-order valence-corrected chi connectivity index (χ1v) is 9.37. The van der Waals surface area contributed by atoms with Gasteiger partial charge in [0.2, 0.25) is 0 Å². The maximum Gasteiger partial charge on any atom is 0.0706 e. The summed E-state index contributed by atoms with van der Waals surface area (Å²) in [7, 11) is 8.45. The predicted molar refractivity (Wildman–Crippen MR) is 109 cm³/mol. The summed E-state index contributed by atoms with van der Waals surface area (Å²) in [6.07, 6.45) is 3.62. The van der Waals surface area contributed by atoms with Gasteiger partial charge in [-0.3, -0.25) is 4.98 Å². The van der Waals surface area contributed by atoms with E-state index in [1.54, 1.807) is 0 Å². The van der Waals surface area contributed by atoms with Crippen LogP contribution < -0.4 is 4.90 Å². The largest absolute Gasteiger partial charge is 0.378 e. The average molecular weight is 340 g/mol. The molecule has 2 aromatic rings. The van der Waals surface area contributed by atoms with Crippen LogP contribution >= 0.6 is 0 Å². The van der Waals surface area contributed by atoms with Crippen LogP contribution in [0.5, 0.6) is 0 Å². The van der Waals surface area contributed by atoms with Crippen LogP contribution in [-0.4, -0.2) is 38.1 Å². The fourth-order valence-corrected chi connectivity index (χ4v) is 3.26. The Bertz CT molecular complexity index is 643. The van der Waals surface area contributed by atoms with E-state index in [0.717, 1.165) is 18.0 Å². The molecule has 3 nitrogen and oxygen atoms in total. The molecule has 0 saturated heterocycles. The Morgan fingerprint density at radius 3 is 2.04 bits per heavy atom. The molecule has 2 rings (SSSR count). The van der Waals surface area contributed by atoms with Crippen LogP contribution in [0.3, 0.4) is 0 Å². The van der Waals surface area contributed by atoms with E-state index in [4.69, 9.17) is 4.98 Å². The molecule has 1 aromatic heterocycles. The molecule has 0 aliphatic heterocycles. The third-order valence-electron chi connectivity index (χ3n) is 5.13. The van der Waals surface area contributed by atoms with Crippen LogP contribution in [0.25, 0.3) is 11.3 Å². The third kappa shape index (κ3) is 5.05. The average Bonchev–Trinajstić information content (AvgIpc) is 2.62. The van der Waals surface area contributed by atoms with Crippen LogP contribution in [0.15, 0.2) is 42.5 Å². The molecule has 0 aliphatic rings. The summed E-state index contributed by atoms with van der Waals surface area (Å²) in [4.78, 5) is 9.43. The monoisotopic (exact) mass is 339 g/mol. The summed E-state index contributed by atoms with van der Waals surface area (Å²) in [5.74, 6) is 0.747. The Labute approximate surface area is 153 Å². The number of hydrogen-bond acceptors (Lipinski definition) is 3. The van der Waals surface area contributed by atoms with E-state index in [9.17, 15) is 0 Å². The zero-order valence-corrected chi connectivity index (χ0v) is 16.7. The van der Waals surface area contributed by atoms with Crippen molar-refractivity contribution in [1.29, 1.82) is 0 Å². The van der Waals surface area contributed by atoms with E-state index in [2.05, 4.69) is 94.3 Å². The van der Waals surface area contributed by atoms with Gasteiger partial charge in [-0.15, -0.1) is 0 Å². The molecule has 1 aromatic carbocycles. The van der Waals surface area contributed by atoms with Crippen LogP contribution in [0, 0.1) is 5.92 Å². The first-order valence-electron chi connectivity index (χ1n) is 9.37. The fourth-order valence-electron chi connectivity index (χ4n) is 3.26. The number of anilines is 1. The third-order valence-corrected chi connectivity index (χ3v) is 5.13. The molecule has 0 bridgehead atoms. The second-order valence-corrected chi connectivity index (χ2v) is 7.29. The van der Waals surface area contributed by atoms with Crippen molar-refractivity contribution in [1.82, 2.24) is 9.88 Å². The molecule has 1 atom stereocenters. The molecule has 1 unspecified atom stereocenters. The number of benzene rings is 1. The predicted octanol–water partition coefficient (Wildman–Crippen LogP) is 5.24. The summed E-state index contributed by atoms with van der Waals surface area (Å²) in [6, 6.07) is 15.4. The Kier molecular flexibility index (Phi) is 7.01. The molecular formula is C22H33N3. The number of nitrogens with zero attached hydrogens (tertiary/aromatic N) is 3. The molecule has 0 aliphatic carbocycles. The highest BCUT2D eigenvalue weighted by molar-refractivity contribution is 5.63. The van der Waals surface area contributed by atoms with Gasteiger partial charge in [0.05, 0.1) is 17.4 Å². The lowest BCUT2D eigenvalue weighted by Gasteiger charge is -2.27. The van der Waals surface area contributed by atoms with Crippen molar-refractivity contribution in [2.75, 3.05) is 33.1 Å². The molecule has 136 valence electrons. The van der Waals surface area contributed by atoms with E-state index in [0.29, 0.717) is 6.04 Å². The molecule has 0 radical (unpaired) electrons. The van der Waals surface area contributed by atoms with E-state index in [-0.39, 0.29) is 0 Å². The van der Waals surface area contributed by atoms with Gasteiger partial charge in [-0.05, 0) is 50.7 Å². The van der Waals surface area contributed by atoms with Gasteiger partial charge in [0.1, 0.15) is 0 Å². The second-order valence-electron chi connectivity index (χ2n) is 7.29. The van der Waals surface area contributed by atoms with Gasteiger partial charge in [-0.25, -0.2) is 0 Å². The topological polar surface area (TPSA) is 19.4 Å². The van der Waals surface area contributed by atoms with Crippen molar-refractivity contribution in [2.45, 2.75) is 39.2 Å². The number of rotatable bonds is 8. The van der Waals surface area contributed by atoms with Crippen molar-refractivity contribution >= 4 is 5.69 Å². The Morgan fingerprint density at radius 2 is 1.52 bits per heavy atom. The van der Waals surface area contributed by atoms with Gasteiger partial charge in [0.15, 0.2) is 0 Å².